The molecule has 0 atom stereocenters. The Morgan fingerprint density at radius 3 is 2.40 bits per heavy atom. The SMILES string of the molecule is CC(C)COC(=O)Nc1cccc(NC(=O)Cc2ccccc2Cl)c1. The minimum atomic E-state index is -0.520. The van der Waals surface area contributed by atoms with Crippen LogP contribution < -0.4 is 10.6 Å². The van der Waals surface area contributed by atoms with E-state index in [0.29, 0.717) is 23.0 Å². The Kier molecular flexibility index (Phi) is 6.83. The number of carbonyl (C=O) groups is 2. The van der Waals surface area contributed by atoms with E-state index in [4.69, 9.17) is 16.3 Å². The van der Waals surface area contributed by atoms with Crippen LogP contribution >= 0.6 is 11.6 Å². The van der Waals surface area contributed by atoms with E-state index in [1.165, 1.54) is 0 Å². The van der Waals surface area contributed by atoms with Crippen molar-refractivity contribution in [3.8, 4) is 0 Å². The number of rotatable bonds is 6. The molecule has 0 radical (unpaired) electrons. The van der Waals surface area contributed by atoms with E-state index in [-0.39, 0.29) is 18.2 Å². The van der Waals surface area contributed by atoms with Crippen LogP contribution in [0.25, 0.3) is 0 Å². The quantitative estimate of drug-likeness (QED) is 0.782. The molecule has 6 heteroatoms. The van der Waals surface area contributed by atoms with E-state index in [0.717, 1.165) is 5.56 Å². The molecule has 0 fully saturated rings. The van der Waals surface area contributed by atoms with Gasteiger partial charge in [0.2, 0.25) is 5.91 Å². The first-order valence-electron chi connectivity index (χ1n) is 8.01. The van der Waals surface area contributed by atoms with Gasteiger partial charge >= 0.3 is 6.09 Å². The van der Waals surface area contributed by atoms with Gasteiger partial charge in [-0.15, -0.1) is 0 Å². The molecule has 0 spiro atoms. The third kappa shape index (κ3) is 6.47. The summed E-state index contributed by atoms with van der Waals surface area (Å²) in [6, 6.07) is 14.1. The largest absolute Gasteiger partial charge is 0.449 e. The lowest BCUT2D eigenvalue weighted by Gasteiger charge is -2.11. The zero-order valence-corrected chi connectivity index (χ0v) is 15.0. The van der Waals surface area contributed by atoms with Gasteiger partial charge in [0.25, 0.3) is 0 Å². The molecule has 132 valence electrons. The second-order valence-corrected chi connectivity index (χ2v) is 6.42. The van der Waals surface area contributed by atoms with Crippen LogP contribution in [0.2, 0.25) is 5.02 Å². The van der Waals surface area contributed by atoms with Crippen molar-refractivity contribution >= 4 is 35.0 Å². The van der Waals surface area contributed by atoms with Gasteiger partial charge in [0.05, 0.1) is 13.0 Å². The minimum absolute atomic E-state index is 0.174. The molecule has 0 heterocycles. The fourth-order valence-corrected chi connectivity index (χ4v) is 2.29. The Balaban J connectivity index is 1.93. The lowest BCUT2D eigenvalue weighted by atomic mass is 10.1. The van der Waals surface area contributed by atoms with Crippen LogP contribution in [-0.4, -0.2) is 18.6 Å². The Hall–Kier alpha value is -2.53. The third-order valence-electron chi connectivity index (χ3n) is 3.25. The highest BCUT2D eigenvalue weighted by Crippen LogP contribution is 2.18. The highest BCUT2D eigenvalue weighted by molar-refractivity contribution is 6.31. The maximum atomic E-state index is 12.2. The predicted molar refractivity (Wildman–Crippen MR) is 100 cm³/mol. The van der Waals surface area contributed by atoms with Crippen molar-refractivity contribution in [2.45, 2.75) is 20.3 Å². The number of hydrogen-bond donors (Lipinski definition) is 2. The van der Waals surface area contributed by atoms with Crippen LogP contribution in [0.5, 0.6) is 0 Å². The van der Waals surface area contributed by atoms with Crippen LogP contribution in [0.1, 0.15) is 19.4 Å². The van der Waals surface area contributed by atoms with Gasteiger partial charge in [-0.05, 0) is 35.7 Å². The number of ether oxygens (including phenoxy) is 1. The predicted octanol–water partition coefficient (Wildman–Crippen LogP) is 4.73. The summed E-state index contributed by atoms with van der Waals surface area (Å²) in [5.41, 5.74) is 1.89. The Morgan fingerprint density at radius 2 is 1.72 bits per heavy atom. The minimum Gasteiger partial charge on any atom is -0.449 e. The van der Waals surface area contributed by atoms with E-state index in [9.17, 15) is 9.59 Å². The number of carbonyl (C=O) groups excluding carboxylic acids is 2. The van der Waals surface area contributed by atoms with Crippen LogP contribution in [-0.2, 0) is 16.0 Å². The van der Waals surface area contributed by atoms with Crippen molar-refractivity contribution in [3.63, 3.8) is 0 Å². The van der Waals surface area contributed by atoms with Gasteiger partial charge in [0.15, 0.2) is 0 Å². The van der Waals surface area contributed by atoms with Gasteiger partial charge in [0.1, 0.15) is 0 Å². The van der Waals surface area contributed by atoms with Crippen molar-refractivity contribution in [1.82, 2.24) is 0 Å². The van der Waals surface area contributed by atoms with Crippen LogP contribution in [0.3, 0.4) is 0 Å². The Morgan fingerprint density at radius 1 is 1.04 bits per heavy atom. The smallest absolute Gasteiger partial charge is 0.411 e. The van der Waals surface area contributed by atoms with Gasteiger partial charge in [-0.3, -0.25) is 10.1 Å². The van der Waals surface area contributed by atoms with E-state index in [1.807, 2.05) is 32.0 Å². The summed E-state index contributed by atoms with van der Waals surface area (Å²) in [5, 5.41) is 5.98. The molecular weight excluding hydrogens is 340 g/mol. The lowest BCUT2D eigenvalue weighted by Crippen LogP contribution is -2.17. The second kappa shape index (κ2) is 9.08. The van der Waals surface area contributed by atoms with Crippen LogP contribution in [0.4, 0.5) is 16.2 Å². The van der Waals surface area contributed by atoms with E-state index >= 15 is 0 Å². The molecule has 0 bridgehead atoms. The van der Waals surface area contributed by atoms with Gasteiger partial charge < -0.3 is 10.1 Å². The number of amides is 2. The van der Waals surface area contributed by atoms with Crippen LogP contribution in [0.15, 0.2) is 48.5 Å². The standard InChI is InChI=1S/C19H21ClN2O3/c1-13(2)12-25-19(24)22-16-8-5-7-15(11-16)21-18(23)10-14-6-3-4-9-17(14)20/h3-9,11,13H,10,12H2,1-2H3,(H,21,23)(H,22,24). The highest BCUT2D eigenvalue weighted by atomic mass is 35.5. The normalized spacial score (nSPS) is 10.4. The van der Waals surface area contributed by atoms with E-state index in [2.05, 4.69) is 10.6 Å². The van der Waals surface area contributed by atoms with Crippen molar-refractivity contribution in [2.24, 2.45) is 5.92 Å². The second-order valence-electron chi connectivity index (χ2n) is 6.01. The summed E-state index contributed by atoms with van der Waals surface area (Å²) in [6.07, 6.45) is -0.346. The highest BCUT2D eigenvalue weighted by Gasteiger charge is 2.09. The summed E-state index contributed by atoms with van der Waals surface area (Å²) < 4.78 is 5.07. The average molecular weight is 361 g/mol. The zero-order valence-electron chi connectivity index (χ0n) is 14.2. The molecule has 0 unspecified atom stereocenters. The maximum Gasteiger partial charge on any atom is 0.411 e. The molecule has 2 amide bonds. The summed E-state index contributed by atoms with van der Waals surface area (Å²) in [7, 11) is 0. The molecular formula is C19H21ClN2O3. The van der Waals surface area contributed by atoms with Gasteiger partial charge in [-0.25, -0.2) is 4.79 Å². The van der Waals surface area contributed by atoms with Crippen molar-refractivity contribution in [3.05, 3.63) is 59.1 Å². The van der Waals surface area contributed by atoms with Gasteiger partial charge in [0, 0.05) is 16.4 Å². The molecule has 2 rings (SSSR count). The summed E-state index contributed by atoms with van der Waals surface area (Å²) in [4.78, 5) is 23.9. The lowest BCUT2D eigenvalue weighted by molar-refractivity contribution is -0.115. The first-order chi connectivity index (χ1) is 11.9. The number of anilines is 2. The number of hydrogen-bond acceptors (Lipinski definition) is 3. The molecule has 2 aromatic carbocycles. The molecule has 0 aliphatic carbocycles. The Labute approximate surface area is 152 Å². The molecule has 0 aromatic heterocycles. The van der Waals surface area contributed by atoms with Crippen molar-refractivity contribution < 1.29 is 14.3 Å². The fraction of sp³-hybridized carbons (Fsp3) is 0.263. The van der Waals surface area contributed by atoms with Crippen molar-refractivity contribution in [2.75, 3.05) is 17.2 Å². The molecule has 0 saturated heterocycles. The topological polar surface area (TPSA) is 67.4 Å². The zero-order chi connectivity index (χ0) is 18.2. The number of benzene rings is 2. The van der Waals surface area contributed by atoms with Crippen LogP contribution in [0, 0.1) is 5.92 Å². The van der Waals surface area contributed by atoms with Crippen molar-refractivity contribution in [1.29, 1.82) is 0 Å². The molecule has 5 nitrogen and oxygen atoms in total. The average Bonchev–Trinajstić information content (AvgIpc) is 2.55. The molecule has 25 heavy (non-hydrogen) atoms. The summed E-state index contributed by atoms with van der Waals surface area (Å²) in [5.74, 6) is 0.0776. The summed E-state index contributed by atoms with van der Waals surface area (Å²) >= 11 is 6.06. The molecule has 0 aliphatic rings. The maximum absolute atomic E-state index is 12.2. The van der Waals surface area contributed by atoms with E-state index in [1.54, 1.807) is 30.3 Å². The number of halogens is 1. The third-order valence-corrected chi connectivity index (χ3v) is 3.62. The first kappa shape index (κ1) is 18.8. The molecule has 2 aromatic rings. The van der Waals surface area contributed by atoms with E-state index < -0.39 is 6.09 Å². The molecule has 2 N–H and O–H groups in total. The molecule has 0 aliphatic heterocycles. The Bertz CT molecular complexity index is 747. The van der Waals surface area contributed by atoms with Gasteiger partial charge in [-0.1, -0.05) is 49.7 Å². The fourth-order valence-electron chi connectivity index (χ4n) is 2.09. The summed E-state index contributed by atoms with van der Waals surface area (Å²) in [6.45, 7) is 4.27. The number of nitrogens with one attached hydrogen (secondary N) is 2. The van der Waals surface area contributed by atoms with Gasteiger partial charge in [-0.2, -0.15) is 0 Å². The first-order valence-corrected chi connectivity index (χ1v) is 8.39. The monoisotopic (exact) mass is 360 g/mol. The molecule has 0 saturated carbocycles.